The lowest BCUT2D eigenvalue weighted by Crippen LogP contribution is -2.35. The van der Waals surface area contributed by atoms with Gasteiger partial charge in [0.15, 0.2) is 0 Å². The predicted molar refractivity (Wildman–Crippen MR) is 85.5 cm³/mol. The summed E-state index contributed by atoms with van der Waals surface area (Å²) in [5.41, 5.74) is 6.14. The Kier molecular flexibility index (Phi) is 5.79. The molecule has 0 atom stereocenters. The van der Waals surface area contributed by atoms with Crippen LogP contribution in [0, 0.1) is 0 Å². The van der Waals surface area contributed by atoms with E-state index >= 15 is 0 Å². The first-order chi connectivity index (χ1) is 10.6. The van der Waals surface area contributed by atoms with Crippen molar-refractivity contribution in [2.24, 2.45) is 5.73 Å². The normalized spacial score (nSPS) is 14.0. The lowest BCUT2D eigenvalue weighted by molar-refractivity contribution is -0.130. The topological polar surface area (TPSA) is 105 Å². The summed E-state index contributed by atoms with van der Waals surface area (Å²) in [5, 5.41) is 5.34. The monoisotopic (exact) mass is 322 g/mol. The molecule has 0 unspecified atom stereocenters. The highest BCUT2D eigenvalue weighted by atomic mass is 32.2. The minimum absolute atomic E-state index is 0.00934. The number of hydrogen-bond acceptors (Lipinski definition) is 5. The number of carbonyl (C=O) groups excluding carboxylic acids is 3. The van der Waals surface area contributed by atoms with Crippen LogP contribution >= 0.6 is 11.8 Å². The summed E-state index contributed by atoms with van der Waals surface area (Å²) in [4.78, 5) is 37.0. The maximum Gasteiger partial charge on any atom is 0.253 e. The summed E-state index contributed by atoms with van der Waals surface area (Å²) >= 11 is 1.48. The molecular formula is C14H18N4O3S. The van der Waals surface area contributed by atoms with Crippen molar-refractivity contribution < 1.29 is 14.4 Å². The van der Waals surface area contributed by atoms with E-state index in [0.29, 0.717) is 36.0 Å². The molecule has 1 aromatic carbocycles. The molecule has 1 aliphatic rings. The largest absolute Gasteiger partial charge is 0.351 e. The van der Waals surface area contributed by atoms with Gasteiger partial charge in [-0.3, -0.25) is 14.4 Å². The maximum atomic E-state index is 12.0. The molecule has 7 nitrogen and oxygen atoms in total. The van der Waals surface area contributed by atoms with Gasteiger partial charge in [-0.1, -0.05) is 12.1 Å². The Morgan fingerprint density at radius 2 is 2.09 bits per heavy atom. The van der Waals surface area contributed by atoms with Crippen LogP contribution in [-0.4, -0.2) is 53.9 Å². The smallest absolute Gasteiger partial charge is 0.253 e. The lowest BCUT2D eigenvalue weighted by Gasteiger charge is -2.15. The highest BCUT2D eigenvalue weighted by Crippen LogP contribution is 2.17. The molecular weight excluding hydrogens is 304 g/mol. The van der Waals surface area contributed by atoms with Crippen LogP contribution in [0.5, 0.6) is 0 Å². The van der Waals surface area contributed by atoms with Crippen molar-refractivity contribution in [1.82, 2.24) is 10.2 Å². The van der Waals surface area contributed by atoms with Crippen LogP contribution in [0.4, 0.5) is 5.69 Å². The predicted octanol–water partition coefficient (Wildman–Crippen LogP) is -0.154. The lowest BCUT2D eigenvalue weighted by atomic mass is 10.1. The van der Waals surface area contributed by atoms with Gasteiger partial charge in [-0.2, -0.15) is 0 Å². The molecule has 1 aromatic rings. The molecule has 2 rings (SSSR count). The third kappa shape index (κ3) is 4.22. The molecule has 0 bridgehead atoms. The Morgan fingerprint density at radius 1 is 1.32 bits per heavy atom. The number of amides is 3. The number of anilines is 1. The fourth-order valence-corrected chi connectivity index (χ4v) is 2.88. The van der Waals surface area contributed by atoms with Gasteiger partial charge in [-0.05, 0) is 12.1 Å². The molecule has 1 aliphatic heterocycles. The van der Waals surface area contributed by atoms with Gasteiger partial charge in [0.05, 0.1) is 22.9 Å². The number of nitrogens with one attached hydrogen (secondary N) is 2. The number of thioether (sulfide) groups is 1. The van der Waals surface area contributed by atoms with E-state index in [2.05, 4.69) is 10.6 Å². The van der Waals surface area contributed by atoms with Crippen molar-refractivity contribution in [2.75, 3.05) is 36.6 Å². The first-order valence-electron chi connectivity index (χ1n) is 6.84. The Labute approximate surface area is 132 Å². The number of para-hydroxylation sites is 1. The van der Waals surface area contributed by atoms with Gasteiger partial charge in [0.1, 0.15) is 6.54 Å². The van der Waals surface area contributed by atoms with Crippen LogP contribution in [0.25, 0.3) is 0 Å². The quantitative estimate of drug-likeness (QED) is 0.675. The minimum atomic E-state index is -0.324. The van der Waals surface area contributed by atoms with E-state index in [-0.39, 0.29) is 24.3 Å². The zero-order chi connectivity index (χ0) is 15.9. The number of rotatable bonds is 6. The summed E-state index contributed by atoms with van der Waals surface area (Å²) in [5.74, 6) is 0.259. The molecule has 0 spiro atoms. The highest BCUT2D eigenvalue weighted by molar-refractivity contribution is 8.00. The van der Waals surface area contributed by atoms with E-state index in [1.165, 1.54) is 16.7 Å². The number of hydrogen-bond donors (Lipinski definition) is 3. The molecule has 1 fully saturated rings. The number of nitrogens with zero attached hydrogens (tertiary/aromatic N) is 1. The van der Waals surface area contributed by atoms with E-state index in [0.717, 1.165) is 0 Å². The van der Waals surface area contributed by atoms with Gasteiger partial charge in [-0.15, -0.1) is 11.8 Å². The highest BCUT2D eigenvalue weighted by Gasteiger charge is 2.23. The fourth-order valence-electron chi connectivity index (χ4n) is 1.97. The van der Waals surface area contributed by atoms with Gasteiger partial charge in [0.2, 0.25) is 11.8 Å². The van der Waals surface area contributed by atoms with Crippen LogP contribution in [0.3, 0.4) is 0 Å². The van der Waals surface area contributed by atoms with E-state index in [1.54, 1.807) is 24.3 Å². The molecule has 0 aliphatic carbocycles. The summed E-state index contributed by atoms with van der Waals surface area (Å²) in [6.07, 6.45) is 0. The second-order valence-corrected chi connectivity index (χ2v) is 5.66. The molecule has 3 amide bonds. The van der Waals surface area contributed by atoms with E-state index in [4.69, 9.17) is 5.73 Å². The van der Waals surface area contributed by atoms with Crippen LogP contribution in [0.1, 0.15) is 10.4 Å². The van der Waals surface area contributed by atoms with Gasteiger partial charge in [-0.25, -0.2) is 0 Å². The molecule has 4 N–H and O–H groups in total. The second-order valence-electron chi connectivity index (χ2n) is 4.71. The molecule has 118 valence electrons. The van der Waals surface area contributed by atoms with Crippen LogP contribution in [-0.2, 0) is 9.59 Å². The summed E-state index contributed by atoms with van der Waals surface area (Å²) < 4.78 is 0. The SMILES string of the molecule is NCCNC(=O)c1ccccc1NC(=O)CN1CSCC1=O. The molecule has 22 heavy (non-hydrogen) atoms. The molecule has 1 saturated heterocycles. The molecule has 1 heterocycles. The van der Waals surface area contributed by atoms with Crippen LogP contribution in [0.2, 0.25) is 0 Å². The van der Waals surface area contributed by atoms with Gasteiger partial charge in [0.25, 0.3) is 5.91 Å². The van der Waals surface area contributed by atoms with Crippen LogP contribution in [0.15, 0.2) is 24.3 Å². The van der Waals surface area contributed by atoms with Crippen molar-refractivity contribution in [3.8, 4) is 0 Å². The molecule has 0 aromatic heterocycles. The summed E-state index contributed by atoms with van der Waals surface area (Å²) in [6, 6.07) is 6.72. The first-order valence-corrected chi connectivity index (χ1v) is 8.00. The van der Waals surface area contributed by atoms with Gasteiger partial charge >= 0.3 is 0 Å². The van der Waals surface area contributed by atoms with Crippen molar-refractivity contribution in [1.29, 1.82) is 0 Å². The van der Waals surface area contributed by atoms with Gasteiger partial charge < -0.3 is 21.3 Å². The van der Waals surface area contributed by atoms with Crippen molar-refractivity contribution in [2.45, 2.75) is 0 Å². The van der Waals surface area contributed by atoms with E-state index in [1.807, 2.05) is 0 Å². The van der Waals surface area contributed by atoms with Gasteiger partial charge in [0, 0.05) is 13.1 Å². The van der Waals surface area contributed by atoms with Crippen molar-refractivity contribution >= 4 is 35.2 Å². The molecule has 0 radical (unpaired) electrons. The Bertz CT molecular complexity index is 579. The Hall–Kier alpha value is -2.06. The Balaban J connectivity index is 2.01. The van der Waals surface area contributed by atoms with Crippen LogP contribution < -0.4 is 16.4 Å². The standard InChI is InChI=1S/C14H18N4O3S/c15-5-6-16-14(21)10-3-1-2-4-11(10)17-12(19)7-18-9-22-8-13(18)20/h1-4H,5-9,15H2,(H,16,21)(H,17,19). The average molecular weight is 322 g/mol. The molecule has 0 saturated carbocycles. The third-order valence-corrected chi connectivity index (χ3v) is 3.98. The maximum absolute atomic E-state index is 12.0. The van der Waals surface area contributed by atoms with Crippen molar-refractivity contribution in [3.63, 3.8) is 0 Å². The second kappa shape index (κ2) is 7.81. The Morgan fingerprint density at radius 3 is 2.77 bits per heavy atom. The third-order valence-electron chi connectivity index (χ3n) is 3.04. The average Bonchev–Trinajstić information content (AvgIpc) is 2.90. The van der Waals surface area contributed by atoms with Crippen molar-refractivity contribution in [3.05, 3.63) is 29.8 Å². The zero-order valence-corrected chi connectivity index (χ0v) is 12.8. The summed E-state index contributed by atoms with van der Waals surface area (Å²) in [7, 11) is 0. The van der Waals surface area contributed by atoms with E-state index in [9.17, 15) is 14.4 Å². The summed E-state index contributed by atoms with van der Waals surface area (Å²) in [6.45, 7) is 0.695. The zero-order valence-electron chi connectivity index (χ0n) is 12.0. The fraction of sp³-hybridized carbons (Fsp3) is 0.357. The molecule has 8 heteroatoms. The number of benzene rings is 1. The van der Waals surface area contributed by atoms with E-state index < -0.39 is 0 Å². The number of carbonyl (C=O) groups is 3. The first kappa shape index (κ1) is 16.3. The minimum Gasteiger partial charge on any atom is -0.351 e. The number of nitrogens with two attached hydrogens (primary N) is 1.